The van der Waals surface area contributed by atoms with Gasteiger partial charge in [-0.05, 0) is 45.9 Å². The minimum absolute atomic E-state index is 0.00957. The summed E-state index contributed by atoms with van der Waals surface area (Å²) in [7, 11) is 0. The molecule has 10 N–H and O–H groups in total. The van der Waals surface area contributed by atoms with Crippen LogP contribution in [0.3, 0.4) is 0 Å². The Hall–Kier alpha value is -6.62. The monoisotopic (exact) mass is 715 g/mol. The minimum atomic E-state index is -0.580. The number of amides is 6. The fourth-order valence-corrected chi connectivity index (χ4v) is 5.24. The molecule has 0 saturated heterocycles. The number of halogens is 1. The zero-order valence-electron chi connectivity index (χ0n) is 27.9. The smallest absolute Gasteiger partial charge is 0.346 e. The number of hydrogen-bond acceptors (Lipinski definition) is 7. The Morgan fingerprint density at radius 1 is 0.784 bits per heavy atom. The number of carbonyl (C=O) groups excluding carboxylic acids is 6. The maximum Gasteiger partial charge on any atom is 0.346 e. The third kappa shape index (κ3) is 7.52. The fraction of sp³-hybridized carbons (Fsp3) is 0.182. The van der Waals surface area contributed by atoms with Crippen LogP contribution in [0.2, 0.25) is 0 Å². The highest BCUT2D eigenvalue weighted by Crippen LogP contribution is 2.26. The lowest BCUT2D eigenvalue weighted by molar-refractivity contribution is -0.118. The fourth-order valence-electron chi connectivity index (χ4n) is 5.19. The van der Waals surface area contributed by atoms with Gasteiger partial charge in [-0.25, -0.2) is 4.79 Å². The molecule has 5 aromatic rings. The molecular weight excluding hydrogens is 682 g/mol. The van der Waals surface area contributed by atoms with Crippen molar-refractivity contribution in [3.05, 3.63) is 87.9 Å². The van der Waals surface area contributed by atoms with Gasteiger partial charge in [0.2, 0.25) is 5.91 Å². The van der Waals surface area contributed by atoms with Crippen LogP contribution in [0.4, 0.5) is 27.5 Å². The van der Waals surface area contributed by atoms with Crippen LogP contribution in [0.25, 0.3) is 10.9 Å². The van der Waals surface area contributed by atoms with Gasteiger partial charge in [-0.2, -0.15) is 9.78 Å². The number of primary amides is 1. The topological polar surface area (TPSA) is 254 Å². The van der Waals surface area contributed by atoms with Gasteiger partial charge in [0.05, 0.1) is 33.3 Å². The number of hydrogen-bond donors (Lipinski definition) is 9. The number of H-pyrrole nitrogens is 3. The van der Waals surface area contributed by atoms with Crippen LogP contribution in [-0.4, -0.2) is 66.8 Å². The van der Waals surface area contributed by atoms with Crippen molar-refractivity contribution in [2.75, 3.05) is 27.8 Å². The molecule has 17 nitrogen and oxygen atoms in total. The third-order valence-corrected chi connectivity index (χ3v) is 8.28. The Bertz CT molecular complexity index is 2260. The van der Waals surface area contributed by atoms with Gasteiger partial charge < -0.3 is 47.3 Å². The zero-order chi connectivity index (χ0) is 37.1. The van der Waals surface area contributed by atoms with E-state index in [2.05, 4.69) is 53.2 Å². The molecule has 0 aliphatic rings. The van der Waals surface area contributed by atoms with Gasteiger partial charge in [-0.15, -0.1) is 0 Å². The average Bonchev–Trinajstić information content (AvgIpc) is 3.82. The van der Waals surface area contributed by atoms with E-state index in [1.165, 1.54) is 23.3 Å². The second kappa shape index (κ2) is 14.5. The third-order valence-electron chi connectivity index (χ3n) is 8.10. The lowest BCUT2D eigenvalue weighted by Crippen LogP contribution is -2.28. The van der Waals surface area contributed by atoms with Crippen LogP contribution in [0.5, 0.6) is 0 Å². The number of nitrogens with one attached hydrogen (secondary N) is 8. The number of benzene rings is 1. The summed E-state index contributed by atoms with van der Waals surface area (Å²) in [5.41, 5.74) is 9.56. The predicted molar refractivity (Wildman–Crippen MR) is 191 cm³/mol. The Morgan fingerprint density at radius 2 is 1.29 bits per heavy atom. The van der Waals surface area contributed by atoms with E-state index in [1.54, 1.807) is 45.9 Å². The van der Waals surface area contributed by atoms with E-state index in [1.807, 2.05) is 0 Å². The lowest BCUT2D eigenvalue weighted by Gasteiger charge is -2.08. The van der Waals surface area contributed by atoms with Crippen molar-refractivity contribution in [2.24, 2.45) is 5.73 Å². The number of anilines is 4. The number of aromatic amines is 3. The second-order valence-corrected chi connectivity index (χ2v) is 12.0. The summed E-state index contributed by atoms with van der Waals surface area (Å²) in [5, 5.41) is 18.3. The lowest BCUT2D eigenvalue weighted by atomic mass is 10.2. The van der Waals surface area contributed by atoms with E-state index in [9.17, 15) is 28.8 Å². The number of aryl methyl sites for hydroxylation is 1. The van der Waals surface area contributed by atoms with Crippen LogP contribution >= 0.6 is 11.6 Å². The first kappa shape index (κ1) is 35.7. The van der Waals surface area contributed by atoms with Crippen molar-refractivity contribution >= 4 is 80.8 Å². The van der Waals surface area contributed by atoms with E-state index in [0.29, 0.717) is 56.0 Å². The molecule has 18 heteroatoms. The van der Waals surface area contributed by atoms with Crippen LogP contribution in [0, 0.1) is 27.7 Å². The van der Waals surface area contributed by atoms with Crippen LogP contribution in [-0.2, 0) is 9.59 Å². The molecule has 0 aliphatic heterocycles. The molecule has 0 atom stereocenters. The van der Waals surface area contributed by atoms with Gasteiger partial charge in [0.15, 0.2) is 0 Å². The van der Waals surface area contributed by atoms with E-state index >= 15 is 0 Å². The van der Waals surface area contributed by atoms with Crippen LogP contribution in [0.1, 0.15) is 60.3 Å². The molecule has 1 aromatic carbocycles. The largest absolute Gasteiger partial charge is 0.370 e. The number of nitrogens with zero attached hydrogens (tertiary/aromatic N) is 2. The number of nitrogens with two attached hydrogens (primary N) is 1. The highest BCUT2D eigenvalue weighted by atomic mass is 35.5. The summed E-state index contributed by atoms with van der Waals surface area (Å²) in [5.74, 6) is -2.59. The molecule has 4 heterocycles. The highest BCUT2D eigenvalue weighted by molar-refractivity contribution is 6.43. The predicted octanol–water partition coefficient (Wildman–Crippen LogP) is 4.14. The first-order valence-electron chi connectivity index (χ1n) is 15.4. The van der Waals surface area contributed by atoms with Crippen molar-refractivity contribution in [2.45, 2.75) is 34.1 Å². The Morgan fingerprint density at radius 3 is 1.80 bits per heavy atom. The summed E-state index contributed by atoms with van der Waals surface area (Å²) in [6.45, 7) is 10.1. The van der Waals surface area contributed by atoms with Gasteiger partial charge in [0.25, 0.3) is 23.6 Å². The summed E-state index contributed by atoms with van der Waals surface area (Å²) in [6.07, 6.45) is 4.40. The molecule has 0 radical (unpaired) electrons. The Kier molecular flexibility index (Phi) is 10.1. The van der Waals surface area contributed by atoms with Crippen molar-refractivity contribution < 1.29 is 28.8 Å². The van der Waals surface area contributed by atoms with Crippen LogP contribution in [0.15, 0.2) is 48.4 Å². The van der Waals surface area contributed by atoms with Crippen LogP contribution < -0.4 is 32.3 Å². The number of carbonyl (C=O) groups is 6. The molecule has 5 rings (SSSR count). The molecule has 0 aliphatic carbocycles. The van der Waals surface area contributed by atoms with Crippen molar-refractivity contribution in [1.29, 1.82) is 0 Å². The summed E-state index contributed by atoms with van der Waals surface area (Å²) >= 11 is 5.66. The molecule has 0 spiro atoms. The number of aromatic nitrogens is 5. The first-order valence-corrected chi connectivity index (χ1v) is 15.7. The standard InChI is InChI=1S/C33H34ClN11O6/c1-14-22(11-37-26(14)30(48)36-9-8-25(35)46)41-31(49)27-15(2)23(12-38-27)42-32(50)28-16(3)24(13-39-28)43-33(51)45-18(5)20-10-19(6-7-21(20)44-45)40-29(47)17(4)34/h6-7,10-13,37-39H,4,8-9H2,1-3,5H3,(H2,35,46)(H,36,48)(H,40,47)(H,41,49)(H,42,50)(H,43,51). The maximum atomic E-state index is 13.3. The van der Waals surface area contributed by atoms with Gasteiger partial charge in [-0.1, -0.05) is 18.2 Å². The first-order chi connectivity index (χ1) is 24.2. The van der Waals surface area contributed by atoms with Gasteiger partial charge in [-0.3, -0.25) is 24.0 Å². The second-order valence-electron chi connectivity index (χ2n) is 11.5. The maximum absolute atomic E-state index is 13.3. The van der Waals surface area contributed by atoms with Crippen molar-refractivity contribution in [3.8, 4) is 0 Å². The molecule has 0 saturated carbocycles. The van der Waals surface area contributed by atoms with Crippen molar-refractivity contribution in [1.82, 2.24) is 30.0 Å². The molecule has 264 valence electrons. The Labute approximate surface area is 294 Å². The molecule has 0 fully saturated rings. The molecular formula is C33H34ClN11O6. The SMILES string of the molecule is C=C(Cl)C(=O)Nc1ccc2nn(C(=O)Nc3c[nH]c(C(=O)Nc4c[nH]c(C(=O)Nc5c[nH]c(C(=O)NCCC(N)=O)c5C)c4C)c3C)c(C)c2c1. The highest BCUT2D eigenvalue weighted by Gasteiger charge is 2.23. The molecule has 0 unspecified atom stereocenters. The zero-order valence-corrected chi connectivity index (χ0v) is 28.6. The van der Waals surface area contributed by atoms with Crippen molar-refractivity contribution in [3.63, 3.8) is 0 Å². The van der Waals surface area contributed by atoms with E-state index in [-0.39, 0.29) is 35.1 Å². The summed E-state index contributed by atoms with van der Waals surface area (Å²) in [4.78, 5) is 83.5. The minimum Gasteiger partial charge on any atom is -0.370 e. The van der Waals surface area contributed by atoms with Gasteiger partial charge in [0, 0.05) is 59.3 Å². The normalized spacial score (nSPS) is 10.8. The molecule has 0 bridgehead atoms. The van der Waals surface area contributed by atoms with Gasteiger partial charge in [0.1, 0.15) is 17.1 Å². The van der Waals surface area contributed by atoms with E-state index < -0.39 is 35.6 Å². The quantitative estimate of drug-likeness (QED) is 0.0903. The van der Waals surface area contributed by atoms with E-state index in [4.69, 9.17) is 17.3 Å². The van der Waals surface area contributed by atoms with Gasteiger partial charge >= 0.3 is 6.03 Å². The molecule has 4 aromatic heterocycles. The average molecular weight is 716 g/mol. The summed E-state index contributed by atoms with van der Waals surface area (Å²) in [6, 6.07) is 4.35. The summed E-state index contributed by atoms with van der Waals surface area (Å²) < 4.78 is 1.18. The number of rotatable bonds is 11. The number of fused-ring (bicyclic) bond motifs is 1. The van der Waals surface area contributed by atoms with E-state index in [0.717, 1.165) is 0 Å². The Balaban J connectivity index is 1.23. The molecule has 51 heavy (non-hydrogen) atoms. The molecule has 6 amide bonds.